The number of para-hydroxylation sites is 2. The molecule has 0 amide bonds. The van der Waals surface area contributed by atoms with Crippen LogP contribution in [-0.2, 0) is 19.4 Å². The first-order valence-corrected chi connectivity index (χ1v) is 17.7. The van der Waals surface area contributed by atoms with Crippen molar-refractivity contribution in [1.29, 1.82) is 0 Å². The molecular weight excluding hydrogens is 796 g/mol. The molecule has 0 saturated heterocycles. The van der Waals surface area contributed by atoms with Gasteiger partial charge in [-0.25, -0.2) is 0 Å². The Kier molecular flexibility index (Phi) is 6.68. The van der Waals surface area contributed by atoms with Crippen molar-refractivity contribution in [3.63, 3.8) is 0 Å². The Morgan fingerprint density at radius 3 is 1.94 bits per heavy atom. The predicted octanol–water partition coefficient (Wildman–Crippen LogP) is 10.9. The fourth-order valence-electron chi connectivity index (χ4n) is 7.37. The van der Waals surface area contributed by atoms with Gasteiger partial charge in [0.1, 0.15) is 0 Å². The van der Waals surface area contributed by atoms with Crippen LogP contribution in [0.1, 0.15) is 0 Å². The fourth-order valence-corrected chi connectivity index (χ4v) is 8.35. The second-order valence-corrected chi connectivity index (χ2v) is 13.4. The number of fused-ring (bicyclic) bond motifs is 11. The van der Waals surface area contributed by atoms with Crippen LogP contribution in [0.3, 0.4) is 0 Å². The molecule has 6 heteroatoms. The van der Waals surface area contributed by atoms with Gasteiger partial charge in [-0.2, -0.15) is 0 Å². The molecule has 4 heterocycles. The molecule has 5 nitrogen and oxygen atoms in total. The van der Waals surface area contributed by atoms with Crippen molar-refractivity contribution in [2.75, 3.05) is 0 Å². The SMILES string of the molecule is [Pt]=[c]1n(-c2ccccc2)cc2n1-c1cc(Oc3ccc4c5ccccc5n(-c5ccccn5)c4c3)ccc1-c1ccccc1-c1ccccc1-2. The first-order chi connectivity index (χ1) is 24.7. The summed E-state index contributed by atoms with van der Waals surface area (Å²) in [4.78, 5) is 4.70. The Bertz CT molecular complexity index is 2810. The zero-order chi connectivity index (χ0) is 33.2. The molecule has 50 heavy (non-hydrogen) atoms. The number of imidazole rings is 1. The molecule has 0 bridgehead atoms. The molecule has 0 atom stereocenters. The van der Waals surface area contributed by atoms with Gasteiger partial charge in [0, 0.05) is 6.20 Å². The van der Waals surface area contributed by atoms with Gasteiger partial charge in [0.25, 0.3) is 0 Å². The summed E-state index contributed by atoms with van der Waals surface area (Å²) in [5.74, 6) is 2.39. The molecule has 3 aromatic heterocycles. The molecule has 1 aliphatic heterocycles. The Balaban J connectivity index is 1.18. The van der Waals surface area contributed by atoms with E-state index in [4.69, 9.17) is 9.72 Å². The molecule has 240 valence electrons. The summed E-state index contributed by atoms with van der Waals surface area (Å²) in [6.45, 7) is 0. The number of hydrogen-bond donors (Lipinski definition) is 0. The van der Waals surface area contributed by atoms with Gasteiger partial charge in [0.15, 0.2) is 0 Å². The fraction of sp³-hybridized carbons (Fsp3) is 0. The van der Waals surface area contributed by atoms with Gasteiger partial charge in [-0.3, -0.25) is 0 Å². The summed E-state index contributed by atoms with van der Waals surface area (Å²) in [6, 6.07) is 55.2. The summed E-state index contributed by atoms with van der Waals surface area (Å²) in [6.07, 6.45) is 4.09. The minimum absolute atomic E-state index is 0.760. The van der Waals surface area contributed by atoms with Crippen LogP contribution in [-0.4, -0.2) is 18.7 Å². The molecule has 0 N–H and O–H groups in total. The minimum atomic E-state index is 0.760. The van der Waals surface area contributed by atoms with Crippen molar-refractivity contribution in [3.05, 3.63) is 174 Å². The van der Waals surface area contributed by atoms with Gasteiger partial charge in [0.05, 0.1) is 0 Å². The number of ether oxygens (including phenoxy) is 1. The predicted molar refractivity (Wildman–Crippen MR) is 197 cm³/mol. The van der Waals surface area contributed by atoms with Crippen LogP contribution in [0.2, 0.25) is 0 Å². The summed E-state index contributed by atoms with van der Waals surface area (Å²) in [7, 11) is 0. The van der Waals surface area contributed by atoms with Crippen LogP contribution in [0, 0.1) is 3.80 Å². The number of pyridine rings is 1. The third kappa shape index (κ3) is 4.51. The summed E-state index contributed by atoms with van der Waals surface area (Å²) >= 11 is 2.46. The number of benzene rings is 6. The average Bonchev–Trinajstić information content (AvgIpc) is 3.69. The van der Waals surface area contributed by atoms with Crippen molar-refractivity contribution >= 4 is 21.8 Å². The van der Waals surface area contributed by atoms with E-state index in [1.807, 2.05) is 24.4 Å². The Morgan fingerprint density at radius 2 is 1.14 bits per heavy atom. The van der Waals surface area contributed by atoms with Crippen molar-refractivity contribution in [2.24, 2.45) is 0 Å². The van der Waals surface area contributed by atoms with Gasteiger partial charge in [-0.15, -0.1) is 0 Å². The Labute approximate surface area is 299 Å². The third-order valence-electron chi connectivity index (χ3n) is 9.56. The van der Waals surface area contributed by atoms with Gasteiger partial charge in [-0.1, -0.05) is 18.2 Å². The summed E-state index contributed by atoms with van der Waals surface area (Å²) in [5, 5.41) is 2.34. The van der Waals surface area contributed by atoms with Gasteiger partial charge in [0.2, 0.25) is 0 Å². The second-order valence-electron chi connectivity index (χ2n) is 12.4. The van der Waals surface area contributed by atoms with E-state index < -0.39 is 0 Å². The van der Waals surface area contributed by atoms with E-state index in [-0.39, 0.29) is 0 Å². The summed E-state index contributed by atoms with van der Waals surface area (Å²) < 4.78 is 14.7. The first-order valence-electron chi connectivity index (χ1n) is 16.5. The Morgan fingerprint density at radius 1 is 0.500 bits per heavy atom. The van der Waals surface area contributed by atoms with E-state index in [0.717, 1.165) is 60.2 Å². The van der Waals surface area contributed by atoms with Crippen molar-refractivity contribution < 1.29 is 24.1 Å². The second kappa shape index (κ2) is 11.5. The van der Waals surface area contributed by atoms with Crippen LogP contribution in [0.5, 0.6) is 11.5 Å². The van der Waals surface area contributed by atoms with Crippen LogP contribution in [0.25, 0.3) is 72.5 Å². The molecule has 6 aromatic carbocycles. The van der Waals surface area contributed by atoms with Gasteiger partial charge in [-0.05, 0) is 6.07 Å². The van der Waals surface area contributed by atoms with E-state index in [1.54, 1.807) is 0 Å². The third-order valence-corrected chi connectivity index (χ3v) is 10.6. The molecule has 0 fully saturated rings. The molecule has 0 aliphatic carbocycles. The van der Waals surface area contributed by atoms with Crippen molar-refractivity contribution in [2.45, 2.75) is 0 Å². The van der Waals surface area contributed by atoms with Crippen LogP contribution < -0.4 is 4.74 Å². The average molecular weight is 824 g/mol. The Hall–Kier alpha value is -6.03. The number of nitrogens with zero attached hydrogens (tertiary/aromatic N) is 4. The maximum absolute atomic E-state index is 6.76. The van der Waals surface area contributed by atoms with E-state index in [0.29, 0.717) is 0 Å². The zero-order valence-corrected chi connectivity index (χ0v) is 29.0. The van der Waals surface area contributed by atoms with Crippen LogP contribution in [0.4, 0.5) is 0 Å². The van der Waals surface area contributed by atoms with Gasteiger partial charge >= 0.3 is 270 Å². The van der Waals surface area contributed by atoms with Crippen LogP contribution in [0.15, 0.2) is 170 Å². The maximum atomic E-state index is 6.76. The monoisotopic (exact) mass is 823 g/mol. The molecule has 0 unspecified atom stereocenters. The zero-order valence-electron chi connectivity index (χ0n) is 26.7. The molecular formula is C44H28N4OPt. The summed E-state index contributed by atoms with van der Waals surface area (Å²) in [5.41, 5.74) is 11.4. The molecule has 9 aromatic rings. The topological polar surface area (TPSA) is 36.9 Å². The number of rotatable bonds is 4. The molecule has 10 rings (SSSR count). The van der Waals surface area contributed by atoms with Crippen LogP contribution >= 0.6 is 0 Å². The van der Waals surface area contributed by atoms with E-state index in [1.165, 1.54) is 27.6 Å². The standard InChI is InChI=1S/C44H28N4O.Pt/c1-2-12-30(13-3-1)46-28-43-36-17-7-6-15-34(36)33-14-4-5-16-35(33)38-23-21-31(26-41(38)47(43)29-46)49-32-22-24-39-37-18-8-9-19-40(37)48(42(39)27-32)44-20-10-11-25-45-44;/h1-28H;. The molecule has 0 radical (unpaired) electrons. The molecule has 0 saturated carbocycles. The molecule has 0 spiro atoms. The van der Waals surface area contributed by atoms with Gasteiger partial charge < -0.3 is 0 Å². The van der Waals surface area contributed by atoms with Crippen molar-refractivity contribution in [1.82, 2.24) is 18.7 Å². The van der Waals surface area contributed by atoms with E-state index in [2.05, 4.69) is 179 Å². The number of hydrogen-bond acceptors (Lipinski definition) is 2. The van der Waals surface area contributed by atoms with Crippen molar-refractivity contribution in [3.8, 4) is 62.2 Å². The number of aromatic nitrogens is 4. The van der Waals surface area contributed by atoms with E-state index in [9.17, 15) is 0 Å². The van der Waals surface area contributed by atoms with E-state index >= 15 is 0 Å². The normalized spacial score (nSPS) is 11.7. The quantitative estimate of drug-likeness (QED) is 0.177. The molecule has 1 aliphatic rings. The first kappa shape index (κ1) is 28.9.